The fourth-order valence-corrected chi connectivity index (χ4v) is 3.36. The fraction of sp³-hybridized carbons (Fsp3) is 0.579. The maximum absolute atomic E-state index is 12.5. The van der Waals surface area contributed by atoms with E-state index in [4.69, 9.17) is 5.11 Å². The van der Waals surface area contributed by atoms with Crippen LogP contribution in [0.3, 0.4) is 0 Å². The van der Waals surface area contributed by atoms with Crippen molar-refractivity contribution in [1.82, 2.24) is 10.2 Å². The number of likely N-dealkylation sites (tertiary alicyclic amines) is 1. The van der Waals surface area contributed by atoms with Gasteiger partial charge in [-0.25, -0.2) is 4.79 Å². The lowest BCUT2D eigenvalue weighted by Gasteiger charge is -2.39. The molecule has 1 aliphatic heterocycles. The predicted octanol–water partition coefficient (Wildman–Crippen LogP) is 2.57. The summed E-state index contributed by atoms with van der Waals surface area (Å²) in [6.07, 6.45) is 1.49. The zero-order chi connectivity index (χ0) is 18.4. The molecule has 1 heterocycles. The van der Waals surface area contributed by atoms with Gasteiger partial charge in [-0.1, -0.05) is 44.2 Å². The lowest BCUT2D eigenvalue weighted by atomic mass is 9.84. The standard InChI is InChI=1S/C19H28N2O4/c1-14(2)12-16(13-17(22)23)20-18(24)21-10-8-19(25,9-11-21)15-6-4-3-5-7-15/h3-7,14,16,25H,8-13H2,1-2H3,(H,20,24)(H,22,23). The van der Waals surface area contributed by atoms with Gasteiger partial charge in [0.05, 0.1) is 12.0 Å². The van der Waals surface area contributed by atoms with Gasteiger partial charge < -0.3 is 20.4 Å². The van der Waals surface area contributed by atoms with E-state index in [1.54, 1.807) is 4.90 Å². The lowest BCUT2D eigenvalue weighted by Crippen LogP contribution is -2.51. The Morgan fingerprint density at radius 3 is 2.32 bits per heavy atom. The molecular formula is C19H28N2O4. The Morgan fingerprint density at radius 2 is 1.80 bits per heavy atom. The van der Waals surface area contributed by atoms with Gasteiger partial charge in [-0.15, -0.1) is 0 Å². The van der Waals surface area contributed by atoms with Crippen molar-refractivity contribution in [2.75, 3.05) is 13.1 Å². The van der Waals surface area contributed by atoms with Crippen LogP contribution in [0.2, 0.25) is 0 Å². The quantitative estimate of drug-likeness (QED) is 0.737. The molecule has 138 valence electrons. The number of carboxylic acids is 1. The smallest absolute Gasteiger partial charge is 0.317 e. The summed E-state index contributed by atoms with van der Waals surface area (Å²) in [7, 11) is 0. The van der Waals surface area contributed by atoms with Crippen LogP contribution in [0, 0.1) is 5.92 Å². The number of amides is 2. The third kappa shape index (κ3) is 5.46. The van der Waals surface area contributed by atoms with E-state index in [2.05, 4.69) is 5.32 Å². The van der Waals surface area contributed by atoms with Crippen LogP contribution in [0.15, 0.2) is 30.3 Å². The Hall–Kier alpha value is -2.08. The van der Waals surface area contributed by atoms with Crippen LogP contribution in [-0.2, 0) is 10.4 Å². The minimum Gasteiger partial charge on any atom is -0.481 e. The molecule has 0 radical (unpaired) electrons. The normalized spacial score (nSPS) is 18.0. The maximum atomic E-state index is 12.5. The molecular weight excluding hydrogens is 320 g/mol. The Morgan fingerprint density at radius 1 is 1.20 bits per heavy atom. The zero-order valence-electron chi connectivity index (χ0n) is 14.9. The molecule has 0 bridgehead atoms. The van der Waals surface area contributed by atoms with Crippen LogP contribution in [0.1, 0.15) is 45.1 Å². The SMILES string of the molecule is CC(C)CC(CC(=O)O)NC(=O)N1CCC(O)(c2ccccc2)CC1. The third-order valence-corrected chi connectivity index (χ3v) is 4.69. The first kappa shape index (κ1) is 19.2. The molecule has 25 heavy (non-hydrogen) atoms. The number of benzene rings is 1. The number of carbonyl (C=O) groups is 2. The molecule has 0 aliphatic carbocycles. The number of carbonyl (C=O) groups excluding carboxylic acids is 1. The van der Waals surface area contributed by atoms with Gasteiger partial charge in [0.1, 0.15) is 0 Å². The second-order valence-corrected chi connectivity index (χ2v) is 7.26. The van der Waals surface area contributed by atoms with Gasteiger partial charge in [0.15, 0.2) is 0 Å². The Labute approximate surface area is 148 Å². The van der Waals surface area contributed by atoms with E-state index in [0.717, 1.165) is 5.56 Å². The summed E-state index contributed by atoms with van der Waals surface area (Å²) in [5.41, 5.74) is -0.0326. The summed E-state index contributed by atoms with van der Waals surface area (Å²) in [6, 6.07) is 8.89. The topological polar surface area (TPSA) is 89.9 Å². The summed E-state index contributed by atoms with van der Waals surface area (Å²) < 4.78 is 0. The highest BCUT2D eigenvalue weighted by Gasteiger charge is 2.35. The lowest BCUT2D eigenvalue weighted by molar-refractivity contribution is -0.137. The van der Waals surface area contributed by atoms with Crippen molar-refractivity contribution in [3.05, 3.63) is 35.9 Å². The van der Waals surface area contributed by atoms with Gasteiger partial charge in [0, 0.05) is 19.1 Å². The fourth-order valence-electron chi connectivity index (χ4n) is 3.36. The zero-order valence-corrected chi connectivity index (χ0v) is 14.9. The van der Waals surface area contributed by atoms with Crippen molar-refractivity contribution in [3.63, 3.8) is 0 Å². The number of piperidine rings is 1. The number of hydrogen-bond acceptors (Lipinski definition) is 3. The minimum absolute atomic E-state index is 0.0777. The van der Waals surface area contributed by atoms with Crippen LogP contribution in [0.4, 0.5) is 4.79 Å². The first-order valence-electron chi connectivity index (χ1n) is 8.85. The van der Waals surface area contributed by atoms with E-state index >= 15 is 0 Å². The number of aliphatic hydroxyl groups is 1. The summed E-state index contributed by atoms with van der Waals surface area (Å²) in [6.45, 7) is 4.89. The van der Waals surface area contributed by atoms with Crippen LogP contribution in [-0.4, -0.2) is 46.2 Å². The highest BCUT2D eigenvalue weighted by atomic mass is 16.4. The van der Waals surface area contributed by atoms with E-state index in [0.29, 0.717) is 38.3 Å². The summed E-state index contributed by atoms with van der Waals surface area (Å²) >= 11 is 0. The van der Waals surface area contributed by atoms with Gasteiger partial charge >= 0.3 is 12.0 Å². The van der Waals surface area contributed by atoms with Crippen molar-refractivity contribution < 1.29 is 19.8 Å². The summed E-state index contributed by atoms with van der Waals surface area (Å²) in [4.78, 5) is 25.1. The molecule has 2 amide bonds. The van der Waals surface area contributed by atoms with E-state index in [1.807, 2.05) is 44.2 Å². The molecule has 1 aliphatic rings. The van der Waals surface area contributed by atoms with Gasteiger partial charge in [0.2, 0.25) is 0 Å². The van der Waals surface area contributed by atoms with E-state index < -0.39 is 11.6 Å². The molecule has 2 rings (SSSR count). The van der Waals surface area contributed by atoms with Gasteiger partial charge in [-0.3, -0.25) is 4.79 Å². The highest BCUT2D eigenvalue weighted by molar-refractivity contribution is 5.76. The number of carboxylic acid groups (broad SMARTS) is 1. The number of rotatable bonds is 6. The maximum Gasteiger partial charge on any atom is 0.317 e. The van der Waals surface area contributed by atoms with E-state index in [-0.39, 0.29) is 18.5 Å². The number of aliphatic carboxylic acids is 1. The van der Waals surface area contributed by atoms with Crippen LogP contribution >= 0.6 is 0 Å². The largest absolute Gasteiger partial charge is 0.481 e. The average Bonchev–Trinajstić information content (AvgIpc) is 2.55. The summed E-state index contributed by atoms with van der Waals surface area (Å²) in [5, 5.41) is 22.7. The van der Waals surface area contributed by atoms with Crippen molar-refractivity contribution in [3.8, 4) is 0 Å². The van der Waals surface area contributed by atoms with Crippen LogP contribution in [0.5, 0.6) is 0 Å². The predicted molar refractivity (Wildman–Crippen MR) is 95.2 cm³/mol. The monoisotopic (exact) mass is 348 g/mol. The van der Waals surface area contributed by atoms with Crippen molar-refractivity contribution in [1.29, 1.82) is 0 Å². The number of urea groups is 1. The van der Waals surface area contributed by atoms with E-state index in [9.17, 15) is 14.7 Å². The molecule has 0 saturated carbocycles. The summed E-state index contributed by atoms with van der Waals surface area (Å²) in [5.74, 6) is -0.614. The van der Waals surface area contributed by atoms with Crippen molar-refractivity contribution >= 4 is 12.0 Å². The average molecular weight is 348 g/mol. The van der Waals surface area contributed by atoms with Crippen LogP contribution < -0.4 is 5.32 Å². The molecule has 1 aromatic rings. The molecule has 6 heteroatoms. The Balaban J connectivity index is 1.92. The molecule has 6 nitrogen and oxygen atoms in total. The third-order valence-electron chi connectivity index (χ3n) is 4.69. The Bertz CT molecular complexity index is 580. The number of nitrogens with zero attached hydrogens (tertiary/aromatic N) is 1. The second kappa shape index (κ2) is 8.34. The molecule has 3 N–H and O–H groups in total. The highest BCUT2D eigenvalue weighted by Crippen LogP contribution is 2.32. The number of hydrogen-bond donors (Lipinski definition) is 3. The first-order chi connectivity index (χ1) is 11.8. The number of nitrogens with one attached hydrogen (secondary N) is 1. The van der Waals surface area contributed by atoms with Gasteiger partial charge in [-0.2, -0.15) is 0 Å². The molecule has 1 saturated heterocycles. The molecule has 1 atom stereocenters. The molecule has 0 spiro atoms. The van der Waals surface area contributed by atoms with Crippen molar-refractivity contribution in [2.24, 2.45) is 5.92 Å². The van der Waals surface area contributed by atoms with Gasteiger partial charge in [0.25, 0.3) is 0 Å². The molecule has 1 fully saturated rings. The second-order valence-electron chi connectivity index (χ2n) is 7.26. The van der Waals surface area contributed by atoms with Crippen molar-refractivity contribution in [2.45, 2.75) is 51.2 Å². The minimum atomic E-state index is -0.914. The molecule has 1 unspecified atom stereocenters. The Kier molecular flexibility index (Phi) is 6.42. The first-order valence-corrected chi connectivity index (χ1v) is 8.85. The van der Waals surface area contributed by atoms with E-state index in [1.165, 1.54) is 0 Å². The van der Waals surface area contributed by atoms with Gasteiger partial charge in [-0.05, 0) is 30.7 Å². The molecule has 1 aromatic carbocycles. The van der Waals surface area contributed by atoms with Crippen LogP contribution in [0.25, 0.3) is 0 Å². The molecule has 0 aromatic heterocycles.